The minimum absolute atomic E-state index is 0.0322. The number of benzene rings is 1. The third-order valence-electron chi connectivity index (χ3n) is 2.59. The molecule has 0 radical (unpaired) electrons. The van der Waals surface area contributed by atoms with Gasteiger partial charge in [0.25, 0.3) is 6.43 Å². The Bertz CT molecular complexity index is 383. The molecule has 3 nitrogen and oxygen atoms in total. The number of halogens is 2. The third-order valence-corrected chi connectivity index (χ3v) is 2.59. The Hall–Kier alpha value is -1.49. The first-order valence-corrected chi connectivity index (χ1v) is 5.37. The predicted molar refractivity (Wildman–Crippen MR) is 61.7 cm³/mol. The normalized spacial score (nSPS) is 12.5. The molecule has 0 aromatic heterocycles. The summed E-state index contributed by atoms with van der Waals surface area (Å²) in [6, 6.07) is 6.06. The molecule has 0 aliphatic carbocycles. The fourth-order valence-electron chi connectivity index (χ4n) is 1.63. The lowest BCUT2D eigenvalue weighted by atomic mass is 9.97. The number of amides is 1. The molecular weight excluding hydrogens is 226 g/mol. The van der Waals surface area contributed by atoms with Crippen LogP contribution >= 0.6 is 0 Å². The molecule has 5 heteroatoms. The third kappa shape index (κ3) is 3.78. The van der Waals surface area contributed by atoms with Crippen molar-refractivity contribution in [1.82, 2.24) is 5.32 Å². The highest BCUT2D eigenvalue weighted by atomic mass is 19.3. The van der Waals surface area contributed by atoms with Crippen molar-refractivity contribution in [1.29, 1.82) is 0 Å². The standard InChI is InChI=1S/C12H16F2N2O/c1-16-12(17)10(7-15)6-8-3-2-4-9(5-8)11(13)14/h2-5,10-11H,6-7,15H2,1H3,(H,16,17). The lowest BCUT2D eigenvalue weighted by molar-refractivity contribution is -0.124. The minimum atomic E-state index is -2.49. The molecule has 1 aromatic carbocycles. The number of carbonyl (C=O) groups excluding carboxylic acids is 1. The molecule has 1 rings (SSSR count). The Balaban J connectivity index is 2.79. The number of nitrogens with one attached hydrogen (secondary N) is 1. The van der Waals surface area contributed by atoms with E-state index in [1.54, 1.807) is 12.1 Å². The SMILES string of the molecule is CNC(=O)C(CN)Cc1cccc(C(F)F)c1. The Labute approximate surface area is 99.0 Å². The Kier molecular flexibility index (Phi) is 5.03. The molecule has 0 fully saturated rings. The minimum Gasteiger partial charge on any atom is -0.359 e. The maximum absolute atomic E-state index is 12.5. The van der Waals surface area contributed by atoms with E-state index in [4.69, 9.17) is 5.73 Å². The molecule has 0 spiro atoms. The van der Waals surface area contributed by atoms with Gasteiger partial charge < -0.3 is 11.1 Å². The molecular formula is C12H16F2N2O. The number of rotatable bonds is 5. The summed E-state index contributed by atoms with van der Waals surface area (Å²) in [5.74, 6) is -0.553. The molecule has 17 heavy (non-hydrogen) atoms. The van der Waals surface area contributed by atoms with E-state index in [9.17, 15) is 13.6 Å². The van der Waals surface area contributed by atoms with Gasteiger partial charge in [0.05, 0.1) is 5.92 Å². The number of nitrogens with two attached hydrogens (primary N) is 1. The van der Waals surface area contributed by atoms with Gasteiger partial charge in [0.15, 0.2) is 0 Å². The smallest absolute Gasteiger partial charge is 0.263 e. The van der Waals surface area contributed by atoms with Crippen molar-refractivity contribution < 1.29 is 13.6 Å². The van der Waals surface area contributed by atoms with E-state index < -0.39 is 6.43 Å². The monoisotopic (exact) mass is 242 g/mol. The highest BCUT2D eigenvalue weighted by molar-refractivity contribution is 5.78. The summed E-state index contributed by atoms with van der Waals surface area (Å²) in [4.78, 5) is 11.4. The van der Waals surface area contributed by atoms with Crippen LogP contribution in [-0.4, -0.2) is 19.5 Å². The van der Waals surface area contributed by atoms with Crippen LogP contribution in [-0.2, 0) is 11.2 Å². The molecule has 0 aliphatic heterocycles. The average Bonchev–Trinajstić information content (AvgIpc) is 2.35. The maximum Gasteiger partial charge on any atom is 0.263 e. The van der Waals surface area contributed by atoms with Crippen LogP contribution in [0.25, 0.3) is 0 Å². The summed E-state index contributed by atoms with van der Waals surface area (Å²) in [6.07, 6.45) is -2.12. The van der Waals surface area contributed by atoms with Crippen molar-refractivity contribution in [3.8, 4) is 0 Å². The molecule has 0 heterocycles. The highest BCUT2D eigenvalue weighted by Gasteiger charge is 2.16. The number of hydrogen-bond acceptors (Lipinski definition) is 2. The zero-order chi connectivity index (χ0) is 12.8. The first-order chi connectivity index (χ1) is 8.08. The van der Waals surface area contributed by atoms with Gasteiger partial charge in [-0.15, -0.1) is 0 Å². The van der Waals surface area contributed by atoms with E-state index in [2.05, 4.69) is 5.32 Å². The number of alkyl halides is 2. The predicted octanol–water partition coefficient (Wildman–Crippen LogP) is 1.49. The summed E-state index contributed by atoms with van der Waals surface area (Å²) < 4.78 is 25.0. The van der Waals surface area contributed by atoms with E-state index in [0.29, 0.717) is 12.0 Å². The Morgan fingerprint density at radius 1 is 1.47 bits per heavy atom. The molecule has 0 saturated carbocycles. The fourth-order valence-corrected chi connectivity index (χ4v) is 1.63. The fraction of sp³-hybridized carbons (Fsp3) is 0.417. The Morgan fingerprint density at radius 3 is 2.71 bits per heavy atom. The van der Waals surface area contributed by atoms with Gasteiger partial charge >= 0.3 is 0 Å². The van der Waals surface area contributed by atoms with Crippen LogP contribution in [0.15, 0.2) is 24.3 Å². The van der Waals surface area contributed by atoms with Gasteiger partial charge in [0.1, 0.15) is 0 Å². The van der Waals surface area contributed by atoms with Gasteiger partial charge in [-0.1, -0.05) is 24.3 Å². The van der Waals surface area contributed by atoms with Gasteiger partial charge in [0, 0.05) is 19.2 Å². The van der Waals surface area contributed by atoms with Gasteiger partial charge in [-0.2, -0.15) is 0 Å². The second kappa shape index (κ2) is 6.30. The maximum atomic E-state index is 12.5. The van der Waals surface area contributed by atoms with Crippen LogP contribution in [0, 0.1) is 5.92 Å². The van der Waals surface area contributed by atoms with E-state index in [1.807, 2.05) is 0 Å². The summed E-state index contributed by atoms with van der Waals surface area (Å²) in [7, 11) is 1.53. The molecule has 1 amide bonds. The molecule has 0 saturated heterocycles. The molecule has 94 valence electrons. The number of carbonyl (C=O) groups is 1. The second-order valence-corrected chi connectivity index (χ2v) is 3.80. The zero-order valence-corrected chi connectivity index (χ0v) is 9.62. The largest absolute Gasteiger partial charge is 0.359 e. The quantitative estimate of drug-likeness (QED) is 0.821. The van der Waals surface area contributed by atoms with Crippen LogP contribution in [0.4, 0.5) is 8.78 Å². The molecule has 0 bridgehead atoms. The van der Waals surface area contributed by atoms with E-state index >= 15 is 0 Å². The highest BCUT2D eigenvalue weighted by Crippen LogP contribution is 2.20. The molecule has 1 unspecified atom stereocenters. The first-order valence-electron chi connectivity index (χ1n) is 5.37. The van der Waals surface area contributed by atoms with Crippen molar-refractivity contribution in [2.45, 2.75) is 12.8 Å². The Morgan fingerprint density at radius 2 is 2.18 bits per heavy atom. The van der Waals surface area contributed by atoms with Crippen LogP contribution < -0.4 is 11.1 Å². The van der Waals surface area contributed by atoms with Crippen molar-refractivity contribution in [3.63, 3.8) is 0 Å². The first kappa shape index (κ1) is 13.6. The molecule has 1 atom stereocenters. The van der Waals surface area contributed by atoms with Crippen molar-refractivity contribution in [2.24, 2.45) is 11.7 Å². The summed E-state index contributed by atoms with van der Waals surface area (Å²) in [5.41, 5.74) is 6.15. The number of hydrogen-bond donors (Lipinski definition) is 2. The van der Waals surface area contributed by atoms with Crippen LogP contribution in [0.1, 0.15) is 17.6 Å². The molecule has 3 N–H and O–H groups in total. The average molecular weight is 242 g/mol. The lowest BCUT2D eigenvalue weighted by Crippen LogP contribution is -2.34. The van der Waals surface area contributed by atoms with Crippen LogP contribution in [0.5, 0.6) is 0 Å². The van der Waals surface area contributed by atoms with Gasteiger partial charge in [-0.3, -0.25) is 4.79 Å². The van der Waals surface area contributed by atoms with Crippen molar-refractivity contribution in [3.05, 3.63) is 35.4 Å². The van der Waals surface area contributed by atoms with Gasteiger partial charge in [0.2, 0.25) is 5.91 Å². The van der Waals surface area contributed by atoms with Crippen molar-refractivity contribution in [2.75, 3.05) is 13.6 Å². The van der Waals surface area contributed by atoms with Gasteiger partial charge in [-0.05, 0) is 12.0 Å². The van der Waals surface area contributed by atoms with Crippen LogP contribution in [0.3, 0.4) is 0 Å². The lowest BCUT2D eigenvalue weighted by Gasteiger charge is -2.13. The van der Waals surface area contributed by atoms with Crippen molar-refractivity contribution >= 4 is 5.91 Å². The van der Waals surface area contributed by atoms with E-state index in [1.165, 1.54) is 19.2 Å². The molecule has 0 aliphatic rings. The molecule has 1 aromatic rings. The van der Waals surface area contributed by atoms with Crippen LogP contribution in [0.2, 0.25) is 0 Å². The zero-order valence-electron chi connectivity index (χ0n) is 9.62. The summed E-state index contributed by atoms with van der Waals surface area (Å²) in [5, 5.41) is 2.51. The van der Waals surface area contributed by atoms with Gasteiger partial charge in [-0.25, -0.2) is 8.78 Å². The second-order valence-electron chi connectivity index (χ2n) is 3.80. The van der Waals surface area contributed by atoms with E-state index in [0.717, 1.165) is 0 Å². The summed E-state index contributed by atoms with van der Waals surface area (Å²) >= 11 is 0. The summed E-state index contributed by atoms with van der Waals surface area (Å²) in [6.45, 7) is 0.193. The topological polar surface area (TPSA) is 55.1 Å². The van der Waals surface area contributed by atoms with E-state index in [-0.39, 0.29) is 23.9 Å².